The van der Waals surface area contributed by atoms with E-state index in [4.69, 9.17) is 5.11 Å². The zero-order chi connectivity index (χ0) is 14.8. The van der Waals surface area contributed by atoms with Gasteiger partial charge in [0.1, 0.15) is 6.04 Å². The van der Waals surface area contributed by atoms with Gasteiger partial charge in [-0.2, -0.15) is 12.7 Å². The van der Waals surface area contributed by atoms with Gasteiger partial charge in [-0.3, -0.25) is 4.79 Å². The number of rotatable bonds is 5. The summed E-state index contributed by atoms with van der Waals surface area (Å²) in [5.41, 5.74) is 0. The molecule has 0 spiro atoms. The first-order valence-electron chi connectivity index (χ1n) is 7.09. The molecule has 8 heteroatoms. The van der Waals surface area contributed by atoms with Crippen LogP contribution in [0.5, 0.6) is 0 Å². The molecule has 0 aromatic carbocycles. The fourth-order valence-electron chi connectivity index (χ4n) is 2.99. The number of carboxylic acid groups (broad SMARTS) is 1. The Kier molecular flexibility index (Phi) is 5.00. The average Bonchev–Trinajstić information content (AvgIpc) is 2.82. The summed E-state index contributed by atoms with van der Waals surface area (Å²) < 4.78 is 28.0. The Morgan fingerprint density at radius 3 is 2.55 bits per heavy atom. The zero-order valence-corrected chi connectivity index (χ0v) is 12.2. The molecule has 1 heterocycles. The van der Waals surface area contributed by atoms with Crippen LogP contribution in [-0.2, 0) is 15.0 Å². The van der Waals surface area contributed by atoms with Crippen LogP contribution < -0.4 is 4.72 Å². The maximum absolute atomic E-state index is 12.2. The minimum atomic E-state index is -3.80. The van der Waals surface area contributed by atoms with Crippen molar-refractivity contribution in [2.24, 2.45) is 5.92 Å². The number of nitrogens with one attached hydrogen (secondary N) is 1. The predicted molar refractivity (Wildman–Crippen MR) is 72.3 cm³/mol. The van der Waals surface area contributed by atoms with Gasteiger partial charge in [0.2, 0.25) is 0 Å². The number of aliphatic carboxylic acids is 1. The van der Waals surface area contributed by atoms with Crippen molar-refractivity contribution in [3.8, 4) is 0 Å². The minimum absolute atomic E-state index is 0.0714. The van der Waals surface area contributed by atoms with E-state index in [2.05, 4.69) is 4.72 Å². The molecule has 1 aliphatic heterocycles. The van der Waals surface area contributed by atoms with Crippen molar-refractivity contribution in [2.75, 3.05) is 13.1 Å². The molecule has 3 N–H and O–H groups in total. The number of piperidine rings is 1. The third kappa shape index (κ3) is 3.49. The Morgan fingerprint density at radius 1 is 1.20 bits per heavy atom. The van der Waals surface area contributed by atoms with Gasteiger partial charge in [-0.05, 0) is 38.0 Å². The molecule has 2 fully saturated rings. The highest BCUT2D eigenvalue weighted by molar-refractivity contribution is 7.87. The van der Waals surface area contributed by atoms with Crippen LogP contribution in [-0.4, -0.2) is 54.1 Å². The van der Waals surface area contributed by atoms with E-state index in [1.54, 1.807) is 0 Å². The highest BCUT2D eigenvalue weighted by Crippen LogP contribution is 2.25. The quantitative estimate of drug-likeness (QED) is 0.658. The number of nitrogens with zero attached hydrogens (tertiary/aromatic N) is 1. The number of hydrogen-bond acceptors (Lipinski definition) is 4. The van der Waals surface area contributed by atoms with Crippen molar-refractivity contribution in [3.05, 3.63) is 0 Å². The van der Waals surface area contributed by atoms with Crippen molar-refractivity contribution < 1.29 is 23.4 Å². The second-order valence-electron chi connectivity index (χ2n) is 5.57. The molecule has 3 unspecified atom stereocenters. The van der Waals surface area contributed by atoms with Crippen LogP contribution in [0.2, 0.25) is 0 Å². The number of aliphatic hydroxyl groups excluding tert-OH is 1. The molecular formula is C12H22N2O5S. The first-order chi connectivity index (χ1) is 9.42. The van der Waals surface area contributed by atoms with Crippen LogP contribution >= 0.6 is 0 Å². The fraction of sp³-hybridized carbons (Fsp3) is 0.917. The topological polar surface area (TPSA) is 107 Å². The summed E-state index contributed by atoms with van der Waals surface area (Å²) in [6.45, 7) is 0.409. The van der Waals surface area contributed by atoms with E-state index >= 15 is 0 Å². The van der Waals surface area contributed by atoms with Gasteiger partial charge >= 0.3 is 5.97 Å². The average molecular weight is 306 g/mol. The molecule has 1 aliphatic carbocycles. The first kappa shape index (κ1) is 15.7. The molecule has 0 aromatic rings. The fourth-order valence-corrected chi connectivity index (χ4v) is 4.48. The van der Waals surface area contributed by atoms with Gasteiger partial charge in [0.05, 0.1) is 6.10 Å². The second-order valence-corrected chi connectivity index (χ2v) is 7.28. The predicted octanol–water partition coefficient (Wildman–Crippen LogP) is -0.0791. The van der Waals surface area contributed by atoms with Crippen LogP contribution in [0.15, 0.2) is 0 Å². The zero-order valence-electron chi connectivity index (χ0n) is 11.4. The van der Waals surface area contributed by atoms with E-state index in [9.17, 15) is 18.3 Å². The van der Waals surface area contributed by atoms with Crippen LogP contribution in [0.4, 0.5) is 0 Å². The highest BCUT2D eigenvalue weighted by Gasteiger charge is 2.37. The van der Waals surface area contributed by atoms with E-state index in [1.165, 1.54) is 0 Å². The molecule has 0 aromatic heterocycles. The van der Waals surface area contributed by atoms with Gasteiger partial charge in [0.25, 0.3) is 10.2 Å². The van der Waals surface area contributed by atoms with Gasteiger partial charge in [0.15, 0.2) is 0 Å². The minimum Gasteiger partial charge on any atom is -0.480 e. The van der Waals surface area contributed by atoms with E-state index in [0.29, 0.717) is 19.3 Å². The molecule has 1 saturated carbocycles. The Bertz CT molecular complexity index is 453. The number of hydrogen-bond donors (Lipinski definition) is 3. The van der Waals surface area contributed by atoms with E-state index in [-0.39, 0.29) is 19.0 Å². The van der Waals surface area contributed by atoms with E-state index < -0.39 is 28.3 Å². The van der Waals surface area contributed by atoms with Crippen LogP contribution in [0.1, 0.15) is 38.5 Å². The van der Waals surface area contributed by atoms with Crippen molar-refractivity contribution in [3.63, 3.8) is 0 Å². The maximum atomic E-state index is 12.2. The van der Waals surface area contributed by atoms with Gasteiger partial charge in [-0.15, -0.1) is 0 Å². The monoisotopic (exact) mass is 306 g/mol. The lowest BCUT2D eigenvalue weighted by atomic mass is 10.1. The second kappa shape index (κ2) is 6.38. The molecule has 116 valence electrons. The summed E-state index contributed by atoms with van der Waals surface area (Å²) >= 11 is 0. The molecule has 1 saturated heterocycles. The summed E-state index contributed by atoms with van der Waals surface area (Å²) in [5.74, 6) is -1.17. The Hall–Kier alpha value is -0.700. The molecule has 0 amide bonds. The number of carboxylic acids is 1. The number of carbonyl (C=O) groups is 1. The Balaban J connectivity index is 1.99. The Morgan fingerprint density at radius 2 is 1.95 bits per heavy atom. The van der Waals surface area contributed by atoms with Crippen LogP contribution in [0, 0.1) is 5.92 Å². The molecule has 0 radical (unpaired) electrons. The molecule has 20 heavy (non-hydrogen) atoms. The smallest absolute Gasteiger partial charge is 0.322 e. The van der Waals surface area contributed by atoms with E-state index in [0.717, 1.165) is 23.6 Å². The first-order valence-corrected chi connectivity index (χ1v) is 8.53. The molecule has 3 atom stereocenters. The summed E-state index contributed by atoms with van der Waals surface area (Å²) in [7, 11) is -3.80. The summed E-state index contributed by atoms with van der Waals surface area (Å²) in [6.07, 6.45) is 3.69. The van der Waals surface area contributed by atoms with Gasteiger partial charge in [-0.25, -0.2) is 4.72 Å². The van der Waals surface area contributed by atoms with Crippen molar-refractivity contribution >= 4 is 16.2 Å². The van der Waals surface area contributed by atoms with Crippen molar-refractivity contribution in [1.82, 2.24) is 9.03 Å². The molecular weight excluding hydrogens is 284 g/mol. The molecule has 2 rings (SSSR count). The van der Waals surface area contributed by atoms with Crippen molar-refractivity contribution in [2.45, 2.75) is 50.7 Å². The molecule has 2 aliphatic rings. The lowest BCUT2D eigenvalue weighted by molar-refractivity contribution is -0.142. The third-order valence-electron chi connectivity index (χ3n) is 4.19. The lowest BCUT2D eigenvalue weighted by Gasteiger charge is -2.32. The summed E-state index contributed by atoms with van der Waals surface area (Å²) in [4.78, 5) is 11.2. The summed E-state index contributed by atoms with van der Waals surface area (Å²) in [5, 5.41) is 18.8. The van der Waals surface area contributed by atoms with Crippen molar-refractivity contribution in [1.29, 1.82) is 0 Å². The molecule has 7 nitrogen and oxygen atoms in total. The van der Waals surface area contributed by atoms with E-state index in [1.807, 2.05) is 0 Å². The van der Waals surface area contributed by atoms with Gasteiger partial charge in [-0.1, -0.05) is 6.42 Å². The largest absolute Gasteiger partial charge is 0.480 e. The molecule has 0 bridgehead atoms. The highest BCUT2D eigenvalue weighted by atomic mass is 32.2. The maximum Gasteiger partial charge on any atom is 0.322 e. The summed E-state index contributed by atoms with van der Waals surface area (Å²) in [6, 6.07) is -0.977. The Labute approximate surface area is 119 Å². The van der Waals surface area contributed by atoms with Gasteiger partial charge < -0.3 is 10.2 Å². The SMILES string of the molecule is O=C(O)C1CCCCN1S(=O)(=O)NCC1CCCC1O. The third-order valence-corrected chi connectivity index (χ3v) is 5.78. The van der Waals surface area contributed by atoms with Crippen LogP contribution in [0.25, 0.3) is 0 Å². The van der Waals surface area contributed by atoms with Crippen LogP contribution in [0.3, 0.4) is 0 Å². The van der Waals surface area contributed by atoms with Gasteiger partial charge in [0, 0.05) is 13.1 Å². The standard InChI is InChI=1S/C12H22N2O5S/c15-11-6-3-4-9(11)8-13-20(18,19)14-7-2-1-5-10(14)12(16)17/h9-11,13,15H,1-8H2,(H,16,17). The normalized spacial score (nSPS) is 32.4. The number of aliphatic hydroxyl groups is 1. The lowest BCUT2D eigenvalue weighted by Crippen LogP contribution is -2.53.